The van der Waals surface area contributed by atoms with Gasteiger partial charge in [-0.25, -0.2) is 15.0 Å². The summed E-state index contributed by atoms with van der Waals surface area (Å²) in [6.45, 7) is 3.54. The number of fused-ring (bicyclic) bond motifs is 3. The molecule has 3 aromatic heterocycles. The maximum atomic E-state index is 13.6. The lowest BCUT2D eigenvalue weighted by Gasteiger charge is -2.35. The first-order valence-corrected chi connectivity index (χ1v) is 13.0. The fraction of sp³-hybridized carbons (Fsp3) is 0.481. The molecule has 7 rings (SSSR count). The Morgan fingerprint density at radius 3 is 2.92 bits per heavy atom. The zero-order valence-electron chi connectivity index (χ0n) is 20.8. The van der Waals surface area contributed by atoms with Gasteiger partial charge in [0.05, 0.1) is 18.3 Å². The number of ether oxygens (including phenoxy) is 1. The van der Waals surface area contributed by atoms with Crippen molar-refractivity contribution in [2.45, 2.75) is 38.3 Å². The van der Waals surface area contributed by atoms with Crippen LogP contribution in [0.3, 0.4) is 0 Å². The minimum Gasteiger partial charge on any atom is -0.494 e. The molecule has 9 heteroatoms. The van der Waals surface area contributed by atoms with E-state index in [1.807, 2.05) is 30.3 Å². The molecule has 1 saturated carbocycles. The fourth-order valence-electron chi connectivity index (χ4n) is 6.15. The number of carbonyl (C=O) groups is 1. The first-order valence-electron chi connectivity index (χ1n) is 13.0. The van der Waals surface area contributed by atoms with Crippen molar-refractivity contribution in [2.24, 2.45) is 18.9 Å². The molecule has 36 heavy (non-hydrogen) atoms. The van der Waals surface area contributed by atoms with E-state index in [0.29, 0.717) is 29.2 Å². The molecule has 2 aliphatic heterocycles. The number of hydrogen-bond donors (Lipinski definition) is 1. The number of amides is 1. The maximum Gasteiger partial charge on any atom is 0.254 e. The molecule has 1 aromatic carbocycles. The van der Waals surface area contributed by atoms with Crippen molar-refractivity contribution in [3.05, 3.63) is 36.3 Å². The molecule has 1 aliphatic carbocycles. The number of aromatic nitrogens is 5. The monoisotopic (exact) mass is 485 g/mol. The third kappa shape index (κ3) is 3.48. The van der Waals surface area contributed by atoms with E-state index in [2.05, 4.69) is 30.5 Å². The molecule has 0 radical (unpaired) electrons. The lowest BCUT2D eigenvalue weighted by Crippen LogP contribution is -2.48. The van der Waals surface area contributed by atoms with Crippen molar-refractivity contribution in [3.63, 3.8) is 0 Å². The number of benzene rings is 1. The number of methoxy groups -OCH3 is 1. The Kier molecular flexibility index (Phi) is 5.02. The minimum absolute atomic E-state index is 0.0488. The number of piperidine rings is 1. The number of rotatable bonds is 5. The summed E-state index contributed by atoms with van der Waals surface area (Å²) in [6, 6.07) is 6.32. The highest BCUT2D eigenvalue weighted by molar-refractivity contribution is 6.00. The molecule has 1 N–H and O–H groups in total. The normalized spacial score (nSPS) is 21.9. The largest absolute Gasteiger partial charge is 0.494 e. The second-order valence-electron chi connectivity index (χ2n) is 10.6. The second kappa shape index (κ2) is 8.30. The van der Waals surface area contributed by atoms with Gasteiger partial charge in [0, 0.05) is 49.9 Å². The molecule has 0 spiro atoms. The first kappa shape index (κ1) is 21.8. The molecule has 0 bridgehead atoms. The van der Waals surface area contributed by atoms with E-state index in [4.69, 9.17) is 9.72 Å². The Morgan fingerprint density at radius 1 is 1.19 bits per heavy atom. The van der Waals surface area contributed by atoms with Crippen molar-refractivity contribution in [3.8, 4) is 17.3 Å². The van der Waals surface area contributed by atoms with Crippen molar-refractivity contribution in [2.75, 3.05) is 26.7 Å². The van der Waals surface area contributed by atoms with Crippen LogP contribution in [0.2, 0.25) is 0 Å². The molecule has 4 aromatic rings. The summed E-state index contributed by atoms with van der Waals surface area (Å²) in [5.74, 6) is 2.92. The van der Waals surface area contributed by atoms with E-state index < -0.39 is 0 Å². The highest BCUT2D eigenvalue weighted by Crippen LogP contribution is 2.37. The fourth-order valence-corrected chi connectivity index (χ4v) is 6.15. The summed E-state index contributed by atoms with van der Waals surface area (Å²) in [7, 11) is 3.67. The van der Waals surface area contributed by atoms with E-state index >= 15 is 0 Å². The van der Waals surface area contributed by atoms with Gasteiger partial charge in [0.15, 0.2) is 5.82 Å². The summed E-state index contributed by atoms with van der Waals surface area (Å²) in [5, 5.41) is 4.57. The topological polar surface area (TPSA) is 90.1 Å². The van der Waals surface area contributed by atoms with Crippen LogP contribution in [0.4, 0.5) is 0 Å². The van der Waals surface area contributed by atoms with Crippen LogP contribution in [-0.4, -0.2) is 67.7 Å². The number of imidazole rings is 1. The van der Waals surface area contributed by atoms with Crippen LogP contribution >= 0.6 is 0 Å². The van der Waals surface area contributed by atoms with Gasteiger partial charge >= 0.3 is 0 Å². The van der Waals surface area contributed by atoms with Gasteiger partial charge in [0.2, 0.25) is 0 Å². The summed E-state index contributed by atoms with van der Waals surface area (Å²) in [4.78, 5) is 29.4. The zero-order chi connectivity index (χ0) is 24.4. The first-order chi connectivity index (χ1) is 17.6. The van der Waals surface area contributed by atoms with Gasteiger partial charge < -0.3 is 24.1 Å². The number of carbonyl (C=O) groups excluding carboxylic acids is 1. The molecule has 2 atom stereocenters. The molecular weight excluding hydrogens is 454 g/mol. The van der Waals surface area contributed by atoms with Crippen molar-refractivity contribution < 1.29 is 9.53 Å². The SMILES string of the molecule is COc1cc(C(=O)N2CC[C@@H]3CCN[C@@H]3C2)cc2nc(-c3cc4cncnc4n3CC3CC3)n(C)c12. The van der Waals surface area contributed by atoms with Gasteiger partial charge in [0.1, 0.15) is 23.2 Å². The van der Waals surface area contributed by atoms with Gasteiger partial charge in [-0.05, 0) is 62.3 Å². The van der Waals surface area contributed by atoms with Crippen molar-refractivity contribution in [1.82, 2.24) is 34.3 Å². The third-order valence-electron chi connectivity index (χ3n) is 8.29. The predicted molar refractivity (Wildman–Crippen MR) is 137 cm³/mol. The van der Waals surface area contributed by atoms with Crippen LogP contribution in [0.5, 0.6) is 5.75 Å². The Morgan fingerprint density at radius 2 is 2.08 bits per heavy atom. The Bertz CT molecular complexity index is 1480. The summed E-state index contributed by atoms with van der Waals surface area (Å²) < 4.78 is 10.1. The molecule has 5 heterocycles. The number of likely N-dealkylation sites (tertiary alicyclic amines) is 1. The molecule has 2 saturated heterocycles. The van der Waals surface area contributed by atoms with Crippen LogP contribution in [0.1, 0.15) is 36.0 Å². The van der Waals surface area contributed by atoms with E-state index in [0.717, 1.165) is 66.2 Å². The van der Waals surface area contributed by atoms with Crippen molar-refractivity contribution >= 4 is 28.0 Å². The Balaban J connectivity index is 1.30. The molecule has 186 valence electrons. The van der Waals surface area contributed by atoms with Crippen LogP contribution < -0.4 is 10.1 Å². The van der Waals surface area contributed by atoms with Crippen LogP contribution in [0.15, 0.2) is 30.7 Å². The average Bonchev–Trinajstić information content (AvgIpc) is 3.32. The molecular formula is C27H31N7O2. The van der Waals surface area contributed by atoms with Crippen LogP contribution in [-0.2, 0) is 13.6 Å². The Labute approximate surface area is 209 Å². The molecule has 1 amide bonds. The van der Waals surface area contributed by atoms with E-state index in [9.17, 15) is 4.79 Å². The number of aryl methyl sites for hydroxylation is 1. The lowest BCUT2D eigenvalue weighted by atomic mass is 9.92. The number of nitrogens with one attached hydrogen (secondary N) is 1. The van der Waals surface area contributed by atoms with E-state index in [1.54, 1.807) is 13.4 Å². The minimum atomic E-state index is 0.0488. The third-order valence-corrected chi connectivity index (χ3v) is 8.29. The summed E-state index contributed by atoms with van der Waals surface area (Å²) in [5.41, 5.74) is 4.23. The molecule has 9 nitrogen and oxygen atoms in total. The molecule has 3 aliphatic rings. The molecule has 3 fully saturated rings. The van der Waals surface area contributed by atoms with Gasteiger partial charge in [-0.2, -0.15) is 0 Å². The number of nitrogens with zero attached hydrogens (tertiary/aromatic N) is 6. The lowest BCUT2D eigenvalue weighted by molar-refractivity contribution is 0.0669. The highest BCUT2D eigenvalue weighted by Gasteiger charge is 2.35. The zero-order valence-corrected chi connectivity index (χ0v) is 20.8. The van der Waals surface area contributed by atoms with E-state index in [1.165, 1.54) is 19.3 Å². The van der Waals surface area contributed by atoms with Gasteiger partial charge in [0.25, 0.3) is 5.91 Å². The van der Waals surface area contributed by atoms with Crippen molar-refractivity contribution in [1.29, 1.82) is 0 Å². The molecule has 0 unspecified atom stereocenters. The summed E-state index contributed by atoms with van der Waals surface area (Å²) >= 11 is 0. The van der Waals surface area contributed by atoms with Gasteiger partial charge in [-0.15, -0.1) is 0 Å². The number of hydrogen-bond acceptors (Lipinski definition) is 6. The standard InChI is InChI=1S/C27H31N7O2/c1-32-24-20(31-26(32)22-10-19-12-28-15-30-25(19)34(22)13-16-3-4-16)9-18(11-23(24)36-2)27(35)33-8-6-17-5-7-29-21(17)14-33/h9-12,15-17,21,29H,3-8,13-14H2,1-2H3/t17-,21+/m0/s1. The van der Waals surface area contributed by atoms with Crippen LogP contribution in [0.25, 0.3) is 33.6 Å². The smallest absolute Gasteiger partial charge is 0.254 e. The Hall–Kier alpha value is -3.46. The van der Waals surface area contributed by atoms with Crippen LogP contribution in [0, 0.1) is 11.8 Å². The van der Waals surface area contributed by atoms with Gasteiger partial charge in [-0.3, -0.25) is 4.79 Å². The van der Waals surface area contributed by atoms with E-state index in [-0.39, 0.29) is 5.91 Å². The quantitative estimate of drug-likeness (QED) is 0.467. The highest BCUT2D eigenvalue weighted by atomic mass is 16.5. The maximum absolute atomic E-state index is 13.6. The summed E-state index contributed by atoms with van der Waals surface area (Å²) in [6.07, 6.45) is 8.24. The van der Waals surface area contributed by atoms with Gasteiger partial charge in [-0.1, -0.05) is 0 Å². The average molecular weight is 486 g/mol. The predicted octanol–water partition coefficient (Wildman–Crippen LogP) is 3.23. The second-order valence-corrected chi connectivity index (χ2v) is 10.6.